The second-order valence-electron chi connectivity index (χ2n) is 8.89. The summed E-state index contributed by atoms with van der Waals surface area (Å²) in [5.74, 6) is -0.944. The topological polar surface area (TPSA) is 112 Å². The van der Waals surface area contributed by atoms with Gasteiger partial charge in [0.1, 0.15) is 23.0 Å². The van der Waals surface area contributed by atoms with Crippen molar-refractivity contribution in [2.24, 2.45) is 0 Å². The van der Waals surface area contributed by atoms with E-state index in [1.807, 2.05) is 6.92 Å². The van der Waals surface area contributed by atoms with Crippen molar-refractivity contribution in [2.75, 3.05) is 32.3 Å². The van der Waals surface area contributed by atoms with Crippen LogP contribution in [0.4, 0.5) is 5.69 Å². The molecule has 4 rings (SSSR count). The van der Waals surface area contributed by atoms with Gasteiger partial charge in [0.15, 0.2) is 0 Å². The summed E-state index contributed by atoms with van der Waals surface area (Å²) in [4.78, 5) is 40.1. The first-order valence-corrected chi connectivity index (χ1v) is 12.8. The maximum Gasteiger partial charge on any atom is 0.309 e. The number of hydrogen-bond donors (Lipinski definition) is 1. The maximum absolute atomic E-state index is 13.5. The van der Waals surface area contributed by atoms with E-state index >= 15 is 0 Å². The highest BCUT2D eigenvalue weighted by Crippen LogP contribution is 2.44. The number of methoxy groups -OCH3 is 2. The van der Waals surface area contributed by atoms with E-state index in [4.69, 9.17) is 18.9 Å². The predicted molar refractivity (Wildman–Crippen MR) is 149 cm³/mol. The number of Topliss-reactive ketones (excluding diaryl/α,β-unsaturated/α-hetero) is 1. The van der Waals surface area contributed by atoms with E-state index in [2.05, 4.69) is 0 Å². The van der Waals surface area contributed by atoms with Gasteiger partial charge in [0.05, 0.1) is 51.0 Å². The predicted octanol–water partition coefficient (Wildman–Crippen LogP) is 4.83. The molecule has 1 amide bonds. The summed E-state index contributed by atoms with van der Waals surface area (Å²) in [6.45, 7) is 4.41. The van der Waals surface area contributed by atoms with Gasteiger partial charge in [-0.15, -0.1) is 0 Å². The van der Waals surface area contributed by atoms with Gasteiger partial charge < -0.3 is 24.1 Å². The summed E-state index contributed by atoms with van der Waals surface area (Å²) < 4.78 is 21.3. The van der Waals surface area contributed by atoms with Gasteiger partial charge in [-0.2, -0.15) is 0 Å². The number of amides is 1. The summed E-state index contributed by atoms with van der Waals surface area (Å²) in [6, 6.07) is 17.6. The number of aliphatic hydroxyl groups is 1. The lowest BCUT2D eigenvalue weighted by Crippen LogP contribution is -2.29. The third-order valence-corrected chi connectivity index (χ3v) is 6.49. The molecule has 1 saturated heterocycles. The average molecular weight is 546 g/mol. The number of anilines is 1. The van der Waals surface area contributed by atoms with Crippen molar-refractivity contribution in [3.8, 4) is 17.2 Å². The molecule has 1 N–H and O–H groups in total. The molecule has 1 aliphatic heterocycles. The molecule has 9 nitrogen and oxygen atoms in total. The fraction of sp³-hybridized carbons (Fsp3) is 0.258. The maximum atomic E-state index is 13.5. The van der Waals surface area contributed by atoms with Gasteiger partial charge in [0.25, 0.3) is 11.7 Å². The van der Waals surface area contributed by atoms with Crippen LogP contribution in [0, 0.1) is 0 Å². The van der Waals surface area contributed by atoms with Crippen molar-refractivity contribution in [1.29, 1.82) is 0 Å². The molecular formula is C31H31NO8. The Morgan fingerprint density at radius 3 is 2.12 bits per heavy atom. The van der Waals surface area contributed by atoms with Crippen LogP contribution < -0.4 is 19.1 Å². The standard InChI is InChI=1S/C31H31NO8/c1-5-39-23-15-16-24(25(18-23)40-6-2)29(34)27-28(20-9-13-22(37-3)14-10-20)32(31(36)30(27)35)21-11-7-19(8-12-21)17-26(33)38-4/h7-16,18,28,34H,5-6,17H2,1-4H3/b29-27-. The largest absolute Gasteiger partial charge is 0.507 e. The quantitative estimate of drug-likeness (QED) is 0.167. The van der Waals surface area contributed by atoms with Crippen LogP contribution in [0.2, 0.25) is 0 Å². The Morgan fingerprint density at radius 2 is 1.52 bits per heavy atom. The summed E-state index contributed by atoms with van der Waals surface area (Å²) in [5, 5.41) is 11.6. The number of hydrogen-bond acceptors (Lipinski definition) is 8. The molecule has 0 radical (unpaired) electrons. The highest BCUT2D eigenvalue weighted by Gasteiger charge is 2.47. The van der Waals surface area contributed by atoms with Crippen molar-refractivity contribution >= 4 is 29.1 Å². The van der Waals surface area contributed by atoms with Crippen molar-refractivity contribution < 1.29 is 38.4 Å². The number of carbonyl (C=O) groups is 3. The van der Waals surface area contributed by atoms with Gasteiger partial charge in [-0.3, -0.25) is 19.3 Å². The first-order valence-electron chi connectivity index (χ1n) is 12.8. The van der Waals surface area contributed by atoms with Gasteiger partial charge in [-0.05, 0) is 61.4 Å². The Labute approximate surface area is 232 Å². The molecule has 40 heavy (non-hydrogen) atoms. The Hall–Kier alpha value is -4.79. The zero-order valence-electron chi connectivity index (χ0n) is 22.8. The van der Waals surface area contributed by atoms with Crippen LogP contribution >= 0.6 is 0 Å². The minimum absolute atomic E-state index is 0.0649. The second-order valence-corrected chi connectivity index (χ2v) is 8.89. The summed E-state index contributed by atoms with van der Waals surface area (Å²) >= 11 is 0. The van der Waals surface area contributed by atoms with Crippen molar-refractivity contribution in [1.82, 2.24) is 0 Å². The molecule has 0 aromatic heterocycles. The summed E-state index contributed by atoms with van der Waals surface area (Å²) in [5.41, 5.74) is 1.87. The monoisotopic (exact) mass is 545 g/mol. The fourth-order valence-corrected chi connectivity index (χ4v) is 4.59. The number of ether oxygens (including phenoxy) is 4. The molecule has 9 heteroatoms. The summed E-state index contributed by atoms with van der Waals surface area (Å²) in [6.07, 6.45) is 0.0649. The Bertz CT molecular complexity index is 1430. The highest BCUT2D eigenvalue weighted by molar-refractivity contribution is 6.51. The molecule has 0 aliphatic carbocycles. The van der Waals surface area contributed by atoms with E-state index in [0.717, 1.165) is 0 Å². The molecule has 3 aromatic rings. The van der Waals surface area contributed by atoms with Gasteiger partial charge in [-0.25, -0.2) is 0 Å². The van der Waals surface area contributed by atoms with E-state index < -0.39 is 23.7 Å². The van der Waals surface area contributed by atoms with Gasteiger partial charge in [0.2, 0.25) is 0 Å². The molecule has 0 bridgehead atoms. The minimum Gasteiger partial charge on any atom is -0.507 e. The Morgan fingerprint density at radius 1 is 0.875 bits per heavy atom. The number of benzene rings is 3. The molecule has 3 aromatic carbocycles. The second kappa shape index (κ2) is 12.4. The van der Waals surface area contributed by atoms with Crippen molar-refractivity contribution in [2.45, 2.75) is 26.3 Å². The molecule has 1 heterocycles. The number of esters is 1. The molecule has 1 aliphatic rings. The number of carbonyl (C=O) groups excluding carboxylic acids is 3. The minimum atomic E-state index is -0.946. The van der Waals surface area contributed by atoms with Gasteiger partial charge >= 0.3 is 5.97 Å². The van der Waals surface area contributed by atoms with Crippen LogP contribution in [0.15, 0.2) is 72.3 Å². The number of nitrogens with zero attached hydrogens (tertiary/aromatic N) is 1. The van der Waals surface area contributed by atoms with E-state index in [0.29, 0.717) is 47.3 Å². The molecule has 1 unspecified atom stereocenters. The average Bonchev–Trinajstić information content (AvgIpc) is 3.23. The zero-order valence-corrected chi connectivity index (χ0v) is 22.8. The number of rotatable bonds is 10. The van der Waals surface area contributed by atoms with Crippen LogP contribution in [0.3, 0.4) is 0 Å². The van der Waals surface area contributed by atoms with E-state index in [9.17, 15) is 19.5 Å². The lowest BCUT2D eigenvalue weighted by molar-refractivity contribution is -0.139. The van der Waals surface area contributed by atoms with Crippen molar-refractivity contribution in [3.05, 3.63) is 89.0 Å². The molecule has 0 saturated carbocycles. The zero-order chi connectivity index (χ0) is 28.8. The summed E-state index contributed by atoms with van der Waals surface area (Å²) in [7, 11) is 2.85. The van der Waals surface area contributed by atoms with Gasteiger partial charge in [0, 0.05) is 11.8 Å². The first kappa shape index (κ1) is 28.2. The molecule has 1 atom stereocenters. The molecular weight excluding hydrogens is 514 g/mol. The molecule has 208 valence electrons. The van der Waals surface area contributed by atoms with Crippen LogP contribution in [0.25, 0.3) is 5.76 Å². The first-order chi connectivity index (χ1) is 19.3. The third kappa shape index (κ3) is 5.63. The van der Waals surface area contributed by atoms with E-state index in [-0.39, 0.29) is 23.3 Å². The van der Waals surface area contributed by atoms with Crippen molar-refractivity contribution in [3.63, 3.8) is 0 Å². The van der Waals surface area contributed by atoms with E-state index in [1.165, 1.54) is 19.1 Å². The number of aliphatic hydroxyl groups excluding tert-OH is 1. The van der Waals surface area contributed by atoms with Crippen LogP contribution in [-0.2, 0) is 25.5 Å². The van der Waals surface area contributed by atoms with Crippen LogP contribution in [0.5, 0.6) is 17.2 Å². The SMILES string of the molecule is CCOc1ccc(/C(O)=C2/C(=O)C(=O)N(c3ccc(CC(=O)OC)cc3)C2c2ccc(OC)cc2)c(OCC)c1. The highest BCUT2D eigenvalue weighted by atomic mass is 16.5. The normalized spacial score (nSPS) is 16.1. The Kier molecular flexibility index (Phi) is 8.73. The lowest BCUT2D eigenvalue weighted by atomic mass is 9.94. The fourth-order valence-electron chi connectivity index (χ4n) is 4.59. The van der Waals surface area contributed by atoms with E-state index in [1.54, 1.807) is 73.7 Å². The third-order valence-electron chi connectivity index (χ3n) is 6.49. The molecule has 1 fully saturated rings. The van der Waals surface area contributed by atoms with Crippen LogP contribution in [0.1, 0.15) is 36.6 Å². The van der Waals surface area contributed by atoms with Gasteiger partial charge in [-0.1, -0.05) is 24.3 Å². The Balaban J connectivity index is 1.87. The lowest BCUT2D eigenvalue weighted by Gasteiger charge is -2.26. The van der Waals surface area contributed by atoms with Crippen LogP contribution in [-0.4, -0.2) is 50.2 Å². The smallest absolute Gasteiger partial charge is 0.309 e. The number of ketones is 1. The molecule has 0 spiro atoms.